The maximum atomic E-state index is 13.7. The molecule has 1 aliphatic rings. The van der Waals surface area contributed by atoms with Crippen LogP contribution in [-0.2, 0) is 33.0 Å². The van der Waals surface area contributed by atoms with Gasteiger partial charge >= 0.3 is 0 Å². The first-order chi connectivity index (χ1) is 21.8. The molecule has 1 aromatic heterocycles. The predicted molar refractivity (Wildman–Crippen MR) is 175 cm³/mol. The zero-order valence-electron chi connectivity index (χ0n) is 25.3. The molecule has 0 aliphatic carbocycles. The van der Waals surface area contributed by atoms with Crippen molar-refractivity contribution in [2.45, 2.75) is 31.9 Å². The van der Waals surface area contributed by atoms with Gasteiger partial charge in [-0.3, -0.25) is 14.4 Å². The van der Waals surface area contributed by atoms with E-state index in [-0.39, 0.29) is 44.4 Å². The Morgan fingerprint density at radius 1 is 1.11 bits per heavy atom. The van der Waals surface area contributed by atoms with Crippen molar-refractivity contribution in [1.29, 1.82) is 0 Å². The van der Waals surface area contributed by atoms with E-state index in [0.717, 1.165) is 22.0 Å². The number of carbonyl (C=O) groups is 3. The summed E-state index contributed by atoms with van der Waals surface area (Å²) < 4.78 is 0. The van der Waals surface area contributed by atoms with E-state index in [4.69, 9.17) is 0 Å². The summed E-state index contributed by atoms with van der Waals surface area (Å²) in [6.45, 7) is 6.07. The van der Waals surface area contributed by atoms with Gasteiger partial charge in [0.25, 0.3) is 5.91 Å². The Hall–Kier alpha value is -4.99. The molecule has 4 N–H and O–H groups in total. The lowest BCUT2D eigenvalue weighted by atomic mass is 9.82. The minimum absolute atomic E-state index is 0.0363. The molecule has 0 unspecified atom stereocenters. The quantitative estimate of drug-likeness (QED) is 0.165. The summed E-state index contributed by atoms with van der Waals surface area (Å²) in [7, 11) is 0. The SMILES string of the molecule is C=CCN1C(=O)[C@](O)([C@H](C)/C=C/CC(=O)N(CCO)Cc2ccccc2)c2cc(NC(=O)Cc3c[nH]c4ccccc34)ccc21. The Labute approximate surface area is 262 Å². The van der Waals surface area contributed by atoms with Crippen molar-refractivity contribution in [3.8, 4) is 0 Å². The van der Waals surface area contributed by atoms with Crippen LogP contribution < -0.4 is 10.2 Å². The molecule has 2 atom stereocenters. The Kier molecular flexibility index (Phi) is 9.61. The fourth-order valence-electron chi connectivity index (χ4n) is 5.85. The van der Waals surface area contributed by atoms with E-state index < -0.39 is 17.4 Å². The van der Waals surface area contributed by atoms with Crippen molar-refractivity contribution < 1.29 is 24.6 Å². The molecule has 0 radical (unpaired) electrons. The largest absolute Gasteiger partial charge is 0.395 e. The van der Waals surface area contributed by atoms with Crippen LogP contribution in [0.4, 0.5) is 11.4 Å². The van der Waals surface area contributed by atoms with Crippen LogP contribution in [0.5, 0.6) is 0 Å². The highest BCUT2D eigenvalue weighted by Crippen LogP contribution is 2.46. The number of para-hydroxylation sites is 1. The van der Waals surface area contributed by atoms with E-state index in [9.17, 15) is 24.6 Å². The first kappa shape index (κ1) is 31.4. The van der Waals surface area contributed by atoms with Gasteiger partial charge in [-0.25, -0.2) is 0 Å². The van der Waals surface area contributed by atoms with Crippen molar-refractivity contribution in [3.05, 3.63) is 120 Å². The first-order valence-electron chi connectivity index (χ1n) is 15.0. The number of benzene rings is 3. The van der Waals surface area contributed by atoms with Gasteiger partial charge < -0.3 is 30.3 Å². The number of aliphatic hydroxyl groups is 2. The van der Waals surface area contributed by atoms with Crippen LogP contribution in [0.3, 0.4) is 0 Å². The molecule has 9 nitrogen and oxygen atoms in total. The van der Waals surface area contributed by atoms with E-state index >= 15 is 0 Å². The summed E-state index contributed by atoms with van der Waals surface area (Å²) >= 11 is 0. The first-order valence-corrected chi connectivity index (χ1v) is 15.0. The Bertz CT molecular complexity index is 1730. The number of nitrogens with one attached hydrogen (secondary N) is 2. The van der Waals surface area contributed by atoms with Crippen LogP contribution in [0.2, 0.25) is 0 Å². The number of carbonyl (C=O) groups excluding carboxylic acids is 3. The van der Waals surface area contributed by atoms with Crippen molar-refractivity contribution >= 4 is 40.0 Å². The minimum Gasteiger partial charge on any atom is -0.395 e. The summed E-state index contributed by atoms with van der Waals surface area (Å²) in [5, 5.41) is 25.4. The maximum absolute atomic E-state index is 13.7. The molecular formula is C36H38N4O5. The summed E-state index contributed by atoms with van der Waals surface area (Å²) in [5.74, 6) is -1.63. The summed E-state index contributed by atoms with van der Waals surface area (Å²) in [6.07, 6.45) is 6.91. The van der Waals surface area contributed by atoms with Gasteiger partial charge in [0.1, 0.15) is 0 Å². The molecule has 232 valence electrons. The number of anilines is 2. The van der Waals surface area contributed by atoms with E-state index in [1.165, 1.54) is 4.90 Å². The van der Waals surface area contributed by atoms with Gasteiger partial charge in [-0.05, 0) is 35.4 Å². The third-order valence-electron chi connectivity index (χ3n) is 8.21. The molecule has 0 saturated carbocycles. The highest BCUT2D eigenvalue weighted by molar-refractivity contribution is 6.08. The van der Waals surface area contributed by atoms with Gasteiger partial charge in [0.15, 0.2) is 5.60 Å². The van der Waals surface area contributed by atoms with Crippen LogP contribution in [-0.4, -0.2) is 57.5 Å². The number of hydrogen-bond donors (Lipinski definition) is 4. The average Bonchev–Trinajstić information content (AvgIpc) is 3.54. The zero-order chi connectivity index (χ0) is 32.0. The molecule has 9 heteroatoms. The van der Waals surface area contributed by atoms with Gasteiger partial charge in [-0.2, -0.15) is 0 Å². The lowest BCUT2D eigenvalue weighted by Gasteiger charge is -2.27. The lowest BCUT2D eigenvalue weighted by molar-refractivity contribution is -0.139. The topological polar surface area (TPSA) is 126 Å². The Morgan fingerprint density at radius 3 is 2.62 bits per heavy atom. The molecule has 4 aromatic rings. The van der Waals surface area contributed by atoms with Crippen LogP contribution in [0.1, 0.15) is 30.0 Å². The molecule has 5 rings (SSSR count). The molecule has 3 amide bonds. The molecule has 2 heterocycles. The number of aromatic amines is 1. The van der Waals surface area contributed by atoms with Crippen molar-refractivity contribution in [2.75, 3.05) is 29.9 Å². The van der Waals surface area contributed by atoms with Crippen LogP contribution >= 0.6 is 0 Å². The fraction of sp³-hybridized carbons (Fsp3) is 0.250. The molecule has 3 aromatic carbocycles. The highest BCUT2D eigenvalue weighted by atomic mass is 16.3. The highest BCUT2D eigenvalue weighted by Gasteiger charge is 2.52. The molecule has 0 fully saturated rings. The van der Waals surface area contributed by atoms with Crippen molar-refractivity contribution in [3.63, 3.8) is 0 Å². The number of aliphatic hydroxyl groups excluding tert-OH is 1. The summed E-state index contributed by atoms with van der Waals surface area (Å²) in [5.41, 5.74) is 2.19. The van der Waals surface area contributed by atoms with Gasteiger partial charge in [0.05, 0.1) is 18.7 Å². The zero-order valence-corrected chi connectivity index (χ0v) is 25.3. The molecular weight excluding hydrogens is 568 g/mol. The third-order valence-corrected chi connectivity index (χ3v) is 8.21. The van der Waals surface area contributed by atoms with Gasteiger partial charge in [0, 0.05) is 60.3 Å². The molecule has 1 aliphatic heterocycles. The van der Waals surface area contributed by atoms with Gasteiger partial charge in [-0.15, -0.1) is 6.58 Å². The van der Waals surface area contributed by atoms with E-state index in [2.05, 4.69) is 16.9 Å². The summed E-state index contributed by atoms with van der Waals surface area (Å²) in [6, 6.07) is 22.4. The molecule has 0 saturated heterocycles. The van der Waals surface area contributed by atoms with Gasteiger partial charge in [-0.1, -0.05) is 73.7 Å². The average molecular weight is 607 g/mol. The van der Waals surface area contributed by atoms with Crippen molar-refractivity contribution in [2.24, 2.45) is 5.92 Å². The lowest BCUT2D eigenvalue weighted by Crippen LogP contribution is -2.44. The number of amides is 3. The van der Waals surface area contributed by atoms with Crippen molar-refractivity contribution in [1.82, 2.24) is 9.88 Å². The number of fused-ring (bicyclic) bond motifs is 2. The number of hydrogen-bond acceptors (Lipinski definition) is 5. The normalized spacial score (nSPS) is 16.6. The number of nitrogens with zero attached hydrogens (tertiary/aromatic N) is 2. The summed E-state index contributed by atoms with van der Waals surface area (Å²) in [4.78, 5) is 46.0. The van der Waals surface area contributed by atoms with E-state index in [1.807, 2.05) is 60.8 Å². The van der Waals surface area contributed by atoms with Crippen LogP contribution in [0, 0.1) is 5.92 Å². The van der Waals surface area contributed by atoms with Crippen LogP contribution in [0.25, 0.3) is 10.9 Å². The maximum Gasteiger partial charge on any atom is 0.264 e. The number of aromatic nitrogens is 1. The van der Waals surface area contributed by atoms with Crippen LogP contribution in [0.15, 0.2) is 104 Å². The predicted octanol–water partition coefficient (Wildman–Crippen LogP) is 4.67. The number of rotatable bonds is 13. The smallest absolute Gasteiger partial charge is 0.264 e. The second-order valence-corrected chi connectivity index (χ2v) is 11.2. The standard InChI is InChI=1S/C36H38N4O5/c1-3-18-40-32-17-16-28(38-33(42)21-27-23-37-31-14-8-7-13-29(27)31)22-30(32)36(45,35(40)44)25(2)10-9-15-34(43)39(19-20-41)24-26-11-5-4-6-12-26/h3-14,16-17,22-23,25,37,41,45H,1,15,18-21,24H2,2H3,(H,38,42)/b10-9+/t25-,36+/m1/s1. The van der Waals surface area contributed by atoms with Gasteiger partial charge in [0.2, 0.25) is 11.8 Å². The van der Waals surface area contributed by atoms with E-state index in [0.29, 0.717) is 23.5 Å². The fourth-order valence-corrected chi connectivity index (χ4v) is 5.85. The second-order valence-electron chi connectivity index (χ2n) is 11.2. The molecule has 0 bridgehead atoms. The third kappa shape index (κ3) is 6.60. The van der Waals surface area contributed by atoms with E-state index in [1.54, 1.807) is 48.3 Å². The Balaban J connectivity index is 1.33. The molecule has 45 heavy (non-hydrogen) atoms. The molecule has 0 spiro atoms. The second kappa shape index (κ2) is 13.8. The minimum atomic E-state index is -1.93. The Morgan fingerprint density at radius 2 is 1.87 bits per heavy atom. The monoisotopic (exact) mass is 606 g/mol. The number of H-pyrrole nitrogens is 1.